The number of piperidine rings is 1. The van der Waals surface area contributed by atoms with Gasteiger partial charge in [-0.15, -0.1) is 0 Å². The van der Waals surface area contributed by atoms with Gasteiger partial charge in [-0.25, -0.2) is 0 Å². The second-order valence-electron chi connectivity index (χ2n) is 5.19. The van der Waals surface area contributed by atoms with E-state index >= 15 is 0 Å². The number of allylic oxidation sites excluding steroid dienone is 4. The van der Waals surface area contributed by atoms with Crippen LogP contribution in [-0.4, -0.2) is 25.7 Å². The maximum Gasteiger partial charge on any atom is 0.312 e. The molecule has 100 valence electrons. The summed E-state index contributed by atoms with van der Waals surface area (Å²) in [5, 5.41) is 3.33. The molecular formula is C15H23NO2. The lowest BCUT2D eigenvalue weighted by Gasteiger charge is -2.35. The number of carbonyl (C=O) groups is 1. The molecule has 0 aromatic rings. The van der Waals surface area contributed by atoms with Crippen LogP contribution in [0.25, 0.3) is 0 Å². The first-order valence-electron chi connectivity index (χ1n) is 7.00. The third kappa shape index (κ3) is 3.02. The number of hydrogen-bond acceptors (Lipinski definition) is 3. The van der Waals surface area contributed by atoms with Gasteiger partial charge in [-0.05, 0) is 52.1 Å². The van der Waals surface area contributed by atoms with Crippen LogP contribution < -0.4 is 5.32 Å². The molecule has 0 saturated carbocycles. The fourth-order valence-electron chi connectivity index (χ4n) is 2.83. The Morgan fingerprint density at radius 3 is 2.78 bits per heavy atom. The van der Waals surface area contributed by atoms with Gasteiger partial charge in [0.1, 0.15) is 0 Å². The molecule has 0 aromatic heterocycles. The summed E-state index contributed by atoms with van der Waals surface area (Å²) in [5.41, 5.74) is 1.01. The van der Waals surface area contributed by atoms with Gasteiger partial charge in [0.2, 0.25) is 0 Å². The number of esters is 1. The van der Waals surface area contributed by atoms with E-state index in [9.17, 15) is 4.79 Å². The maximum absolute atomic E-state index is 12.3. The number of nitrogens with one attached hydrogen (secondary N) is 1. The molecule has 0 atom stereocenters. The van der Waals surface area contributed by atoms with Crippen LogP contribution in [0.5, 0.6) is 0 Å². The Morgan fingerprint density at radius 2 is 2.17 bits per heavy atom. The summed E-state index contributed by atoms with van der Waals surface area (Å²) in [6, 6.07) is 0. The molecule has 0 spiro atoms. The van der Waals surface area contributed by atoms with Crippen molar-refractivity contribution in [1.29, 1.82) is 0 Å². The third-order valence-electron chi connectivity index (χ3n) is 3.88. The van der Waals surface area contributed by atoms with E-state index in [4.69, 9.17) is 4.74 Å². The van der Waals surface area contributed by atoms with Gasteiger partial charge in [0.05, 0.1) is 12.0 Å². The fraction of sp³-hybridized carbons (Fsp3) is 0.667. The number of ether oxygens (including phenoxy) is 1. The topological polar surface area (TPSA) is 38.3 Å². The van der Waals surface area contributed by atoms with E-state index in [2.05, 4.69) is 23.5 Å². The van der Waals surface area contributed by atoms with E-state index in [0.717, 1.165) is 45.2 Å². The Morgan fingerprint density at radius 1 is 1.39 bits per heavy atom. The zero-order valence-electron chi connectivity index (χ0n) is 11.2. The zero-order valence-corrected chi connectivity index (χ0v) is 11.2. The summed E-state index contributed by atoms with van der Waals surface area (Å²) in [5.74, 6) is -0.00799. The van der Waals surface area contributed by atoms with Gasteiger partial charge in [-0.3, -0.25) is 4.79 Å². The van der Waals surface area contributed by atoms with Crippen LogP contribution in [-0.2, 0) is 9.53 Å². The average Bonchev–Trinajstić information content (AvgIpc) is 2.41. The maximum atomic E-state index is 12.3. The van der Waals surface area contributed by atoms with Gasteiger partial charge in [0.25, 0.3) is 0 Å². The van der Waals surface area contributed by atoms with Crippen molar-refractivity contribution in [1.82, 2.24) is 5.32 Å². The summed E-state index contributed by atoms with van der Waals surface area (Å²) in [6.07, 6.45) is 11.5. The molecule has 1 fully saturated rings. The highest BCUT2D eigenvalue weighted by Gasteiger charge is 2.41. The van der Waals surface area contributed by atoms with Crippen LogP contribution in [0.1, 0.15) is 39.0 Å². The van der Waals surface area contributed by atoms with Crippen molar-refractivity contribution in [3.8, 4) is 0 Å². The number of rotatable bonds is 4. The van der Waals surface area contributed by atoms with Gasteiger partial charge in [0.15, 0.2) is 0 Å². The first kappa shape index (κ1) is 13.3. The number of carbonyl (C=O) groups excluding carboxylic acids is 1. The molecule has 0 amide bonds. The Labute approximate surface area is 109 Å². The van der Waals surface area contributed by atoms with Gasteiger partial charge in [-0.2, -0.15) is 0 Å². The molecule has 2 aliphatic rings. The minimum Gasteiger partial charge on any atom is -0.466 e. The summed E-state index contributed by atoms with van der Waals surface area (Å²) in [6.45, 7) is 4.18. The summed E-state index contributed by atoms with van der Waals surface area (Å²) in [4.78, 5) is 12.3. The van der Waals surface area contributed by atoms with Crippen LogP contribution >= 0.6 is 0 Å². The second kappa shape index (κ2) is 6.19. The molecule has 0 radical (unpaired) electrons. The minimum absolute atomic E-state index is 0.00799. The molecular weight excluding hydrogens is 226 g/mol. The van der Waals surface area contributed by atoms with E-state index in [1.807, 2.05) is 6.92 Å². The fourth-order valence-corrected chi connectivity index (χ4v) is 2.83. The molecule has 3 heteroatoms. The Balaban J connectivity index is 2.11. The zero-order chi connectivity index (χ0) is 12.8. The molecule has 3 nitrogen and oxygen atoms in total. The molecule has 2 rings (SSSR count). The van der Waals surface area contributed by atoms with Crippen LogP contribution in [0.4, 0.5) is 0 Å². The smallest absolute Gasteiger partial charge is 0.312 e. The molecule has 1 N–H and O–H groups in total. The van der Waals surface area contributed by atoms with Crippen molar-refractivity contribution in [3.05, 3.63) is 23.8 Å². The van der Waals surface area contributed by atoms with E-state index in [1.165, 1.54) is 5.57 Å². The summed E-state index contributed by atoms with van der Waals surface area (Å²) < 4.78 is 5.31. The Kier molecular flexibility index (Phi) is 4.59. The molecule has 0 bridgehead atoms. The highest BCUT2D eigenvalue weighted by molar-refractivity contribution is 5.77. The Hall–Kier alpha value is -1.09. The van der Waals surface area contributed by atoms with Crippen LogP contribution in [0, 0.1) is 5.41 Å². The first-order chi connectivity index (χ1) is 8.77. The van der Waals surface area contributed by atoms with Crippen molar-refractivity contribution in [2.75, 3.05) is 19.7 Å². The Bertz CT molecular complexity index is 352. The third-order valence-corrected chi connectivity index (χ3v) is 3.88. The first-order valence-corrected chi connectivity index (χ1v) is 7.00. The highest BCUT2D eigenvalue weighted by Crippen LogP contribution is 2.38. The van der Waals surface area contributed by atoms with Gasteiger partial charge >= 0.3 is 5.97 Å². The van der Waals surface area contributed by atoms with Crippen molar-refractivity contribution in [2.45, 2.75) is 39.0 Å². The highest BCUT2D eigenvalue weighted by atomic mass is 16.5. The van der Waals surface area contributed by atoms with Crippen LogP contribution in [0.15, 0.2) is 23.8 Å². The molecule has 0 aromatic carbocycles. The monoisotopic (exact) mass is 249 g/mol. The lowest BCUT2D eigenvalue weighted by Crippen LogP contribution is -2.43. The van der Waals surface area contributed by atoms with E-state index in [0.29, 0.717) is 6.61 Å². The van der Waals surface area contributed by atoms with Crippen molar-refractivity contribution in [2.24, 2.45) is 5.41 Å². The largest absolute Gasteiger partial charge is 0.466 e. The van der Waals surface area contributed by atoms with Crippen LogP contribution in [0.3, 0.4) is 0 Å². The predicted octanol–water partition coefficient (Wildman–Crippen LogP) is 2.59. The van der Waals surface area contributed by atoms with Gasteiger partial charge < -0.3 is 10.1 Å². The van der Waals surface area contributed by atoms with Crippen molar-refractivity contribution >= 4 is 5.97 Å². The molecule has 18 heavy (non-hydrogen) atoms. The lowest BCUT2D eigenvalue weighted by atomic mass is 9.73. The molecule has 1 saturated heterocycles. The summed E-state index contributed by atoms with van der Waals surface area (Å²) in [7, 11) is 0. The van der Waals surface area contributed by atoms with Crippen molar-refractivity contribution < 1.29 is 9.53 Å². The average molecular weight is 249 g/mol. The summed E-state index contributed by atoms with van der Waals surface area (Å²) >= 11 is 0. The standard InChI is InChI=1S/C15H23NO2/c1-2-18-14(17)15(8-10-16-11-9-15)12-13-6-4-3-5-7-13/h4,6-7,16H,2-3,5,8-12H2,1H3. The minimum atomic E-state index is -0.297. The van der Waals surface area contributed by atoms with E-state index < -0.39 is 0 Å². The van der Waals surface area contributed by atoms with Gasteiger partial charge in [-0.1, -0.05) is 23.8 Å². The normalized spacial score (nSPS) is 22.4. The second-order valence-corrected chi connectivity index (χ2v) is 5.19. The number of hydrogen-bond donors (Lipinski definition) is 1. The molecule has 1 aliphatic heterocycles. The molecule has 1 aliphatic carbocycles. The van der Waals surface area contributed by atoms with Crippen LogP contribution in [0.2, 0.25) is 0 Å². The molecule has 0 unspecified atom stereocenters. The van der Waals surface area contributed by atoms with E-state index in [1.54, 1.807) is 0 Å². The SMILES string of the molecule is CCOC(=O)C1(CC2=CCCC=C2)CCNCC1. The predicted molar refractivity (Wildman–Crippen MR) is 72.2 cm³/mol. The van der Waals surface area contributed by atoms with E-state index in [-0.39, 0.29) is 11.4 Å². The quantitative estimate of drug-likeness (QED) is 0.778. The lowest BCUT2D eigenvalue weighted by molar-refractivity contribution is -0.157. The molecule has 1 heterocycles. The van der Waals surface area contributed by atoms with Crippen molar-refractivity contribution in [3.63, 3.8) is 0 Å². The van der Waals surface area contributed by atoms with Gasteiger partial charge in [0, 0.05) is 0 Å².